The summed E-state index contributed by atoms with van der Waals surface area (Å²) < 4.78 is 0. The molecular weight excluding hydrogens is 264 g/mol. The minimum Gasteiger partial charge on any atom is -0.395 e. The third-order valence-electron chi connectivity index (χ3n) is 5.34. The molecule has 4 nitrogen and oxygen atoms in total. The van der Waals surface area contributed by atoms with Gasteiger partial charge in [0.05, 0.1) is 13.2 Å². The van der Waals surface area contributed by atoms with Gasteiger partial charge >= 0.3 is 0 Å². The van der Waals surface area contributed by atoms with Crippen molar-refractivity contribution >= 4 is 5.91 Å². The number of aliphatic hydroxyl groups excluding tert-OH is 1. The Morgan fingerprint density at radius 1 is 1.24 bits per heavy atom. The summed E-state index contributed by atoms with van der Waals surface area (Å²) in [5.74, 6) is 0.745. The molecule has 0 aromatic carbocycles. The zero-order valence-electron chi connectivity index (χ0n) is 13.9. The summed E-state index contributed by atoms with van der Waals surface area (Å²) in [5.41, 5.74) is 0. The van der Waals surface area contributed by atoms with Gasteiger partial charge in [0.2, 0.25) is 5.91 Å². The SMILES string of the molecule is CC1CCN(CC(=O)N(C(C)C)C2CCCCC2)C1CO. The lowest BCUT2D eigenvalue weighted by Gasteiger charge is -2.39. The number of likely N-dealkylation sites (tertiary alicyclic amines) is 1. The van der Waals surface area contributed by atoms with E-state index in [0.717, 1.165) is 25.8 Å². The summed E-state index contributed by atoms with van der Waals surface area (Å²) >= 11 is 0. The van der Waals surface area contributed by atoms with Gasteiger partial charge in [-0.3, -0.25) is 9.69 Å². The minimum atomic E-state index is 0.161. The van der Waals surface area contributed by atoms with Gasteiger partial charge in [0.25, 0.3) is 0 Å². The zero-order chi connectivity index (χ0) is 15.4. The van der Waals surface area contributed by atoms with Crippen LogP contribution in [0.3, 0.4) is 0 Å². The highest BCUT2D eigenvalue weighted by atomic mass is 16.3. The van der Waals surface area contributed by atoms with E-state index in [9.17, 15) is 9.90 Å². The normalized spacial score (nSPS) is 28.2. The fraction of sp³-hybridized carbons (Fsp3) is 0.941. The average molecular weight is 296 g/mol. The molecule has 21 heavy (non-hydrogen) atoms. The Kier molecular flexibility index (Phi) is 6.06. The molecule has 1 amide bonds. The molecule has 1 heterocycles. The molecule has 2 atom stereocenters. The predicted molar refractivity (Wildman–Crippen MR) is 85.1 cm³/mol. The van der Waals surface area contributed by atoms with Gasteiger partial charge in [0, 0.05) is 18.1 Å². The maximum atomic E-state index is 12.8. The maximum Gasteiger partial charge on any atom is 0.237 e. The van der Waals surface area contributed by atoms with E-state index in [4.69, 9.17) is 0 Å². The Morgan fingerprint density at radius 2 is 1.90 bits per heavy atom. The number of carbonyl (C=O) groups is 1. The molecule has 2 unspecified atom stereocenters. The molecule has 0 aromatic heterocycles. The number of rotatable bonds is 5. The van der Waals surface area contributed by atoms with E-state index in [1.54, 1.807) is 0 Å². The van der Waals surface area contributed by atoms with Crippen LogP contribution in [0.5, 0.6) is 0 Å². The van der Waals surface area contributed by atoms with E-state index in [2.05, 4.69) is 30.6 Å². The highest BCUT2D eigenvalue weighted by Crippen LogP contribution is 2.26. The Morgan fingerprint density at radius 3 is 2.48 bits per heavy atom. The second-order valence-corrected chi connectivity index (χ2v) is 7.17. The Labute approximate surface area is 129 Å². The van der Waals surface area contributed by atoms with Crippen LogP contribution in [0.1, 0.15) is 59.3 Å². The molecule has 1 N–H and O–H groups in total. The summed E-state index contributed by atoms with van der Waals surface area (Å²) in [6.45, 7) is 8.01. The van der Waals surface area contributed by atoms with Crippen LogP contribution in [-0.2, 0) is 4.79 Å². The number of amides is 1. The molecule has 4 heteroatoms. The standard InChI is InChI=1S/C17H32N2O2/c1-13(2)19(15-7-5-4-6-8-15)17(21)11-18-10-9-14(3)16(18)12-20/h13-16,20H,4-12H2,1-3H3. The summed E-state index contributed by atoms with van der Waals surface area (Å²) in [7, 11) is 0. The van der Waals surface area contributed by atoms with Crippen molar-refractivity contribution in [1.29, 1.82) is 0 Å². The molecule has 2 fully saturated rings. The Balaban J connectivity index is 1.98. The lowest BCUT2D eigenvalue weighted by molar-refractivity contribution is -0.138. The van der Waals surface area contributed by atoms with Gasteiger partial charge in [-0.2, -0.15) is 0 Å². The van der Waals surface area contributed by atoms with Crippen LogP contribution in [0.25, 0.3) is 0 Å². The summed E-state index contributed by atoms with van der Waals surface area (Å²) in [6, 6.07) is 0.862. The summed E-state index contributed by atoms with van der Waals surface area (Å²) in [4.78, 5) is 17.1. The van der Waals surface area contributed by atoms with Crippen LogP contribution in [0.2, 0.25) is 0 Å². The molecule has 2 rings (SSSR count). The average Bonchev–Trinajstić information content (AvgIpc) is 2.80. The van der Waals surface area contributed by atoms with Gasteiger partial charge in [-0.1, -0.05) is 26.2 Å². The Bertz CT molecular complexity index is 340. The van der Waals surface area contributed by atoms with Crippen molar-refractivity contribution in [2.24, 2.45) is 5.92 Å². The molecule has 0 spiro atoms. The smallest absolute Gasteiger partial charge is 0.237 e. The monoisotopic (exact) mass is 296 g/mol. The van der Waals surface area contributed by atoms with Crippen LogP contribution in [0, 0.1) is 5.92 Å². The minimum absolute atomic E-state index is 0.161. The topological polar surface area (TPSA) is 43.8 Å². The number of aliphatic hydroxyl groups is 1. The summed E-state index contributed by atoms with van der Waals surface area (Å²) in [5, 5.41) is 9.55. The van der Waals surface area contributed by atoms with Gasteiger partial charge in [-0.25, -0.2) is 0 Å². The first-order valence-corrected chi connectivity index (χ1v) is 8.70. The quantitative estimate of drug-likeness (QED) is 0.846. The number of nitrogens with zero attached hydrogens (tertiary/aromatic N) is 2. The highest BCUT2D eigenvalue weighted by Gasteiger charge is 2.34. The van der Waals surface area contributed by atoms with Gasteiger partial charge in [0.15, 0.2) is 0 Å². The molecule has 1 saturated heterocycles. The molecule has 2 aliphatic rings. The van der Waals surface area contributed by atoms with E-state index in [0.29, 0.717) is 18.5 Å². The first-order valence-electron chi connectivity index (χ1n) is 8.70. The lowest BCUT2D eigenvalue weighted by Crippen LogP contribution is -2.51. The van der Waals surface area contributed by atoms with Crippen LogP contribution < -0.4 is 0 Å². The van der Waals surface area contributed by atoms with Crippen molar-refractivity contribution < 1.29 is 9.90 Å². The van der Waals surface area contributed by atoms with E-state index < -0.39 is 0 Å². The highest BCUT2D eigenvalue weighted by molar-refractivity contribution is 5.79. The molecule has 1 aliphatic carbocycles. The third-order valence-corrected chi connectivity index (χ3v) is 5.34. The fourth-order valence-corrected chi connectivity index (χ4v) is 4.11. The molecule has 122 valence electrons. The van der Waals surface area contributed by atoms with Gasteiger partial charge < -0.3 is 10.0 Å². The Hall–Kier alpha value is -0.610. The largest absolute Gasteiger partial charge is 0.395 e. The van der Waals surface area contributed by atoms with Crippen molar-refractivity contribution in [1.82, 2.24) is 9.80 Å². The molecular formula is C17H32N2O2. The molecule has 0 radical (unpaired) electrons. The second-order valence-electron chi connectivity index (χ2n) is 7.17. The lowest BCUT2D eigenvalue weighted by atomic mass is 9.93. The van der Waals surface area contributed by atoms with E-state index in [1.807, 2.05) is 0 Å². The van der Waals surface area contributed by atoms with Gasteiger partial charge in [0.1, 0.15) is 0 Å². The van der Waals surface area contributed by atoms with Crippen LogP contribution >= 0.6 is 0 Å². The maximum absolute atomic E-state index is 12.8. The van der Waals surface area contributed by atoms with Crippen LogP contribution in [0.15, 0.2) is 0 Å². The van der Waals surface area contributed by atoms with E-state index in [1.165, 1.54) is 19.3 Å². The summed E-state index contributed by atoms with van der Waals surface area (Å²) in [6.07, 6.45) is 7.21. The molecule has 0 aromatic rings. The number of hydrogen-bond donors (Lipinski definition) is 1. The number of hydrogen-bond acceptors (Lipinski definition) is 3. The second kappa shape index (κ2) is 7.59. The number of carbonyl (C=O) groups excluding carboxylic acids is 1. The van der Waals surface area contributed by atoms with Gasteiger partial charge in [-0.15, -0.1) is 0 Å². The van der Waals surface area contributed by atoms with Crippen LogP contribution in [-0.4, -0.2) is 58.6 Å². The molecule has 0 bridgehead atoms. The van der Waals surface area contributed by atoms with Crippen molar-refractivity contribution in [3.05, 3.63) is 0 Å². The van der Waals surface area contributed by atoms with Crippen molar-refractivity contribution in [3.63, 3.8) is 0 Å². The first-order chi connectivity index (χ1) is 10.0. The fourth-order valence-electron chi connectivity index (χ4n) is 4.11. The van der Waals surface area contributed by atoms with Crippen molar-refractivity contribution in [2.75, 3.05) is 19.7 Å². The van der Waals surface area contributed by atoms with E-state index in [-0.39, 0.29) is 24.6 Å². The molecule has 1 saturated carbocycles. The zero-order valence-corrected chi connectivity index (χ0v) is 13.9. The molecule has 1 aliphatic heterocycles. The first kappa shape index (κ1) is 16.8. The van der Waals surface area contributed by atoms with E-state index >= 15 is 0 Å². The van der Waals surface area contributed by atoms with Crippen LogP contribution in [0.4, 0.5) is 0 Å². The van der Waals surface area contributed by atoms with Gasteiger partial charge in [-0.05, 0) is 45.6 Å². The predicted octanol–water partition coefficient (Wildman–Crippen LogP) is 2.26. The van der Waals surface area contributed by atoms with Crippen molar-refractivity contribution in [2.45, 2.75) is 77.4 Å². The third kappa shape index (κ3) is 3.98. The van der Waals surface area contributed by atoms with Crippen molar-refractivity contribution in [3.8, 4) is 0 Å².